The van der Waals surface area contributed by atoms with Crippen molar-refractivity contribution in [1.82, 2.24) is 0 Å². The third kappa shape index (κ3) is 4.63. The number of ether oxygens (including phenoxy) is 2. The molecule has 0 fully saturated rings. The number of carbonyl (C=O) groups excluding carboxylic acids is 2. The van der Waals surface area contributed by atoms with Gasteiger partial charge in [-0.15, -0.1) is 0 Å². The first-order valence-electron chi connectivity index (χ1n) is 6.47. The van der Waals surface area contributed by atoms with E-state index in [0.717, 1.165) is 17.6 Å². The minimum absolute atomic E-state index is 0.0166. The third-order valence-corrected chi connectivity index (χ3v) is 2.89. The predicted octanol–water partition coefficient (Wildman–Crippen LogP) is 3.03. The van der Waals surface area contributed by atoms with Gasteiger partial charge in [-0.1, -0.05) is 0 Å². The molecule has 0 aliphatic heterocycles. The van der Waals surface area contributed by atoms with Crippen molar-refractivity contribution >= 4 is 12.6 Å². The van der Waals surface area contributed by atoms with Crippen LogP contribution in [0.25, 0.3) is 0 Å². The summed E-state index contributed by atoms with van der Waals surface area (Å²) in [7, 11) is 3.07. The van der Waals surface area contributed by atoms with Crippen molar-refractivity contribution < 1.29 is 24.2 Å². The normalized spacial score (nSPS) is 9.23. The molecule has 0 spiro atoms. The molecule has 0 radical (unpaired) electrons. The molecule has 0 amide bonds. The molecule has 2 aromatic rings. The predicted molar refractivity (Wildman–Crippen MR) is 83.2 cm³/mol. The van der Waals surface area contributed by atoms with Crippen molar-refractivity contribution in [1.29, 1.82) is 0 Å². The van der Waals surface area contributed by atoms with Crippen LogP contribution < -0.4 is 9.47 Å². The van der Waals surface area contributed by atoms with Crippen molar-refractivity contribution in [2.24, 2.45) is 0 Å². The minimum atomic E-state index is -0.0166. The lowest BCUT2D eigenvalue weighted by Crippen LogP contribution is -1.88. The number of rotatable bonds is 4. The van der Waals surface area contributed by atoms with Crippen LogP contribution in [0.15, 0.2) is 36.4 Å². The van der Waals surface area contributed by atoms with E-state index in [0.29, 0.717) is 23.2 Å². The minimum Gasteiger partial charge on any atom is -0.504 e. The lowest BCUT2D eigenvalue weighted by molar-refractivity contribution is 0.111. The number of methoxy groups -OCH3 is 2. The fourth-order valence-electron chi connectivity index (χ4n) is 1.76. The van der Waals surface area contributed by atoms with Gasteiger partial charge in [0.25, 0.3) is 0 Å². The average molecular weight is 302 g/mol. The van der Waals surface area contributed by atoms with Crippen LogP contribution in [-0.2, 0) is 0 Å². The second-order valence-corrected chi connectivity index (χ2v) is 4.40. The number of aromatic hydroxyl groups is 1. The molecule has 0 aliphatic rings. The van der Waals surface area contributed by atoms with Crippen molar-refractivity contribution in [3.05, 3.63) is 53.1 Å². The highest BCUT2D eigenvalue weighted by atomic mass is 16.5. The van der Waals surface area contributed by atoms with Crippen LogP contribution in [-0.4, -0.2) is 31.9 Å². The van der Waals surface area contributed by atoms with Gasteiger partial charge in [0.1, 0.15) is 18.3 Å². The third-order valence-electron chi connectivity index (χ3n) is 2.89. The van der Waals surface area contributed by atoms with Crippen LogP contribution in [0.1, 0.15) is 26.3 Å². The smallest absolute Gasteiger partial charge is 0.160 e. The van der Waals surface area contributed by atoms with Gasteiger partial charge in [-0.2, -0.15) is 0 Å². The molecule has 22 heavy (non-hydrogen) atoms. The molecule has 0 unspecified atom stereocenters. The first-order valence-corrected chi connectivity index (χ1v) is 6.47. The number of aldehydes is 2. The Morgan fingerprint density at radius 2 is 1.36 bits per heavy atom. The molecule has 2 aromatic carbocycles. The number of hydrogen-bond acceptors (Lipinski definition) is 5. The molecule has 5 nitrogen and oxygen atoms in total. The van der Waals surface area contributed by atoms with E-state index in [4.69, 9.17) is 14.6 Å². The molecule has 5 heteroatoms. The number of hydrogen-bond donors (Lipinski definition) is 1. The van der Waals surface area contributed by atoms with Crippen molar-refractivity contribution in [3.8, 4) is 17.2 Å². The summed E-state index contributed by atoms with van der Waals surface area (Å²) in [5.41, 5.74) is 2.10. The zero-order valence-electron chi connectivity index (χ0n) is 12.7. The van der Waals surface area contributed by atoms with E-state index in [2.05, 4.69) is 0 Å². The quantitative estimate of drug-likeness (QED) is 0.879. The summed E-state index contributed by atoms with van der Waals surface area (Å²) in [6.07, 6.45) is 1.49. The lowest BCUT2D eigenvalue weighted by atomic mass is 10.1. The second-order valence-electron chi connectivity index (χ2n) is 4.40. The Labute approximate surface area is 129 Å². The summed E-state index contributed by atoms with van der Waals surface area (Å²) in [6.45, 7) is 1.91. The molecule has 2 rings (SSSR count). The Morgan fingerprint density at radius 3 is 1.77 bits per heavy atom. The van der Waals surface area contributed by atoms with Gasteiger partial charge in [0.2, 0.25) is 0 Å². The zero-order valence-corrected chi connectivity index (χ0v) is 12.7. The molecule has 0 heterocycles. The topological polar surface area (TPSA) is 72.8 Å². The van der Waals surface area contributed by atoms with E-state index >= 15 is 0 Å². The van der Waals surface area contributed by atoms with Crippen LogP contribution >= 0.6 is 0 Å². The molecule has 0 saturated carbocycles. The van der Waals surface area contributed by atoms with Crippen LogP contribution in [0, 0.1) is 6.92 Å². The lowest BCUT2D eigenvalue weighted by Gasteiger charge is -2.03. The molecule has 1 N–H and O–H groups in total. The molecule has 0 aromatic heterocycles. The van der Waals surface area contributed by atoms with Gasteiger partial charge in [-0.05, 0) is 48.9 Å². The Bertz CT molecular complexity index is 592. The van der Waals surface area contributed by atoms with Gasteiger partial charge < -0.3 is 14.6 Å². The summed E-state index contributed by atoms with van der Waals surface area (Å²) in [6, 6.07) is 9.79. The first-order chi connectivity index (χ1) is 10.5. The molecule has 0 bridgehead atoms. The highest BCUT2D eigenvalue weighted by Gasteiger charge is 2.00. The maximum absolute atomic E-state index is 10.3. The van der Waals surface area contributed by atoms with Crippen LogP contribution in [0.4, 0.5) is 0 Å². The number of carbonyl (C=O) groups is 2. The molecular formula is C17H18O5. The van der Waals surface area contributed by atoms with Crippen LogP contribution in [0.5, 0.6) is 17.2 Å². The van der Waals surface area contributed by atoms with E-state index in [1.165, 1.54) is 13.2 Å². The molecule has 0 atom stereocenters. The summed E-state index contributed by atoms with van der Waals surface area (Å²) in [4.78, 5) is 20.5. The summed E-state index contributed by atoms with van der Waals surface area (Å²) in [5.74, 6) is 1.17. The second kappa shape index (κ2) is 8.46. The van der Waals surface area contributed by atoms with Gasteiger partial charge in [0.15, 0.2) is 11.5 Å². The Hall–Kier alpha value is -2.82. The highest BCUT2D eigenvalue weighted by molar-refractivity contribution is 5.76. The summed E-state index contributed by atoms with van der Waals surface area (Å²) in [5, 5.41) is 9.14. The fraction of sp³-hybridized carbons (Fsp3) is 0.176. The molecule has 116 valence electrons. The Morgan fingerprint density at radius 1 is 0.864 bits per heavy atom. The van der Waals surface area contributed by atoms with Gasteiger partial charge in [0, 0.05) is 11.1 Å². The largest absolute Gasteiger partial charge is 0.504 e. The number of aryl methyl sites for hydroxylation is 1. The van der Waals surface area contributed by atoms with E-state index in [1.807, 2.05) is 6.92 Å². The monoisotopic (exact) mass is 302 g/mol. The summed E-state index contributed by atoms with van der Waals surface area (Å²) < 4.78 is 9.81. The SMILES string of the molecule is COc1ccc(C=O)cc1C.COc1ccc(C=O)cc1O. The molecular weight excluding hydrogens is 284 g/mol. The maximum Gasteiger partial charge on any atom is 0.160 e. The van der Waals surface area contributed by atoms with Gasteiger partial charge in [-0.25, -0.2) is 0 Å². The average Bonchev–Trinajstić information content (AvgIpc) is 2.55. The number of phenols is 1. The van der Waals surface area contributed by atoms with Crippen LogP contribution in [0.3, 0.4) is 0 Å². The fourth-order valence-corrected chi connectivity index (χ4v) is 1.76. The van der Waals surface area contributed by atoms with E-state index in [-0.39, 0.29) is 5.75 Å². The van der Waals surface area contributed by atoms with E-state index in [9.17, 15) is 9.59 Å². The maximum atomic E-state index is 10.3. The van der Waals surface area contributed by atoms with Crippen LogP contribution in [0.2, 0.25) is 0 Å². The van der Waals surface area contributed by atoms with E-state index < -0.39 is 0 Å². The van der Waals surface area contributed by atoms with Crippen molar-refractivity contribution in [3.63, 3.8) is 0 Å². The van der Waals surface area contributed by atoms with Gasteiger partial charge >= 0.3 is 0 Å². The first kappa shape index (κ1) is 17.2. The van der Waals surface area contributed by atoms with Gasteiger partial charge in [0.05, 0.1) is 14.2 Å². The Kier molecular flexibility index (Phi) is 6.63. The van der Waals surface area contributed by atoms with E-state index in [1.54, 1.807) is 37.4 Å². The molecule has 0 aliphatic carbocycles. The summed E-state index contributed by atoms with van der Waals surface area (Å²) >= 11 is 0. The zero-order chi connectivity index (χ0) is 16.5. The van der Waals surface area contributed by atoms with Gasteiger partial charge in [-0.3, -0.25) is 9.59 Å². The standard InChI is InChI=1S/C9H10O2.C8H8O3/c1-7-5-8(6-10)3-4-9(7)11-2;1-11-8-3-2-6(5-9)4-7(8)10/h3-6H,1-2H3;2-5,10H,1H3. The molecule has 0 saturated heterocycles. The Balaban J connectivity index is 0.000000220. The number of benzene rings is 2. The van der Waals surface area contributed by atoms with Crippen molar-refractivity contribution in [2.75, 3.05) is 14.2 Å². The van der Waals surface area contributed by atoms with Crippen molar-refractivity contribution in [2.45, 2.75) is 6.92 Å². The number of phenolic OH excluding ortho intramolecular Hbond substituents is 1. The highest BCUT2D eigenvalue weighted by Crippen LogP contribution is 2.25.